The van der Waals surface area contributed by atoms with Crippen molar-refractivity contribution in [3.8, 4) is 5.75 Å². The fraction of sp³-hybridized carbons (Fsp3) is 0.231. The predicted octanol–water partition coefficient (Wildman–Crippen LogP) is 3.22. The molecule has 20 heavy (non-hydrogen) atoms. The quantitative estimate of drug-likeness (QED) is 0.939. The zero-order valence-corrected chi connectivity index (χ0v) is 10.6. The molecule has 0 spiro atoms. The van der Waals surface area contributed by atoms with Crippen LogP contribution in [-0.4, -0.2) is 9.97 Å². The van der Waals surface area contributed by atoms with Gasteiger partial charge in [0.15, 0.2) is 0 Å². The summed E-state index contributed by atoms with van der Waals surface area (Å²) in [5.74, 6) is 0.200. The number of nitrogens with zero attached hydrogens (tertiary/aromatic N) is 2. The number of anilines is 1. The molecule has 1 aromatic heterocycles. The van der Waals surface area contributed by atoms with Gasteiger partial charge in [-0.3, -0.25) is 0 Å². The highest BCUT2D eigenvalue weighted by Crippen LogP contribution is 2.32. The Balaban J connectivity index is 2.18. The average Bonchev–Trinajstić information content (AvgIpc) is 2.38. The Morgan fingerprint density at radius 3 is 2.65 bits per heavy atom. The monoisotopic (exact) mass is 283 g/mol. The molecule has 0 fully saturated rings. The minimum atomic E-state index is -4.40. The van der Waals surface area contributed by atoms with Crippen molar-refractivity contribution in [2.75, 3.05) is 5.73 Å². The zero-order valence-electron chi connectivity index (χ0n) is 10.6. The van der Waals surface area contributed by atoms with Crippen LogP contribution in [0.15, 0.2) is 36.5 Å². The normalized spacial score (nSPS) is 13.0. The third kappa shape index (κ3) is 3.37. The summed E-state index contributed by atoms with van der Waals surface area (Å²) >= 11 is 0. The van der Waals surface area contributed by atoms with Crippen molar-refractivity contribution in [3.63, 3.8) is 0 Å². The van der Waals surface area contributed by atoms with Gasteiger partial charge in [-0.15, -0.1) is 0 Å². The molecule has 1 aromatic carbocycles. The van der Waals surface area contributed by atoms with Crippen LogP contribution >= 0.6 is 0 Å². The van der Waals surface area contributed by atoms with Gasteiger partial charge in [-0.1, -0.05) is 6.07 Å². The van der Waals surface area contributed by atoms with Crippen molar-refractivity contribution in [2.24, 2.45) is 0 Å². The van der Waals surface area contributed by atoms with Gasteiger partial charge in [0.1, 0.15) is 11.9 Å². The summed E-state index contributed by atoms with van der Waals surface area (Å²) < 4.78 is 43.2. The van der Waals surface area contributed by atoms with Crippen molar-refractivity contribution < 1.29 is 17.9 Å². The van der Waals surface area contributed by atoms with E-state index < -0.39 is 17.8 Å². The molecule has 0 unspecified atom stereocenters. The first kappa shape index (κ1) is 14.1. The van der Waals surface area contributed by atoms with E-state index in [0.29, 0.717) is 5.69 Å². The molecule has 2 N–H and O–H groups in total. The van der Waals surface area contributed by atoms with Crippen LogP contribution in [0.5, 0.6) is 5.75 Å². The summed E-state index contributed by atoms with van der Waals surface area (Å²) in [7, 11) is 0. The minimum Gasteiger partial charge on any atom is -0.484 e. The maximum atomic E-state index is 12.6. The molecular formula is C13H12F3N3O. The van der Waals surface area contributed by atoms with Crippen LogP contribution < -0.4 is 10.5 Å². The highest BCUT2D eigenvalue weighted by molar-refractivity contribution is 5.31. The molecule has 2 aromatic rings. The maximum absolute atomic E-state index is 12.6. The summed E-state index contributed by atoms with van der Waals surface area (Å²) in [4.78, 5) is 7.70. The van der Waals surface area contributed by atoms with Gasteiger partial charge in [-0.2, -0.15) is 13.2 Å². The highest BCUT2D eigenvalue weighted by Gasteiger charge is 2.30. The Labute approximate surface area is 113 Å². The minimum absolute atomic E-state index is 0.0852. The molecule has 0 radical (unpaired) electrons. The summed E-state index contributed by atoms with van der Waals surface area (Å²) in [5.41, 5.74) is 5.18. The number of halogens is 3. The van der Waals surface area contributed by atoms with Crippen molar-refractivity contribution in [1.29, 1.82) is 0 Å². The van der Waals surface area contributed by atoms with E-state index in [1.807, 2.05) is 0 Å². The van der Waals surface area contributed by atoms with Crippen molar-refractivity contribution in [1.82, 2.24) is 9.97 Å². The van der Waals surface area contributed by atoms with E-state index in [9.17, 15) is 13.2 Å². The molecule has 0 aliphatic carbocycles. The number of ether oxygens (including phenoxy) is 1. The first-order valence-electron chi connectivity index (χ1n) is 5.78. The maximum Gasteiger partial charge on any atom is 0.416 e. The van der Waals surface area contributed by atoms with Crippen molar-refractivity contribution in [3.05, 3.63) is 47.8 Å². The van der Waals surface area contributed by atoms with Crippen LogP contribution in [0, 0.1) is 0 Å². The second kappa shape index (κ2) is 5.36. The Morgan fingerprint density at radius 1 is 1.25 bits per heavy atom. The second-order valence-corrected chi connectivity index (χ2v) is 4.13. The van der Waals surface area contributed by atoms with E-state index in [0.717, 1.165) is 12.1 Å². The number of alkyl halides is 3. The first-order chi connectivity index (χ1) is 9.36. The fourth-order valence-electron chi connectivity index (χ4n) is 1.63. The summed E-state index contributed by atoms with van der Waals surface area (Å²) in [6.07, 6.45) is -3.48. The number of aromatic nitrogens is 2. The van der Waals surface area contributed by atoms with Gasteiger partial charge in [-0.05, 0) is 31.2 Å². The summed E-state index contributed by atoms with van der Waals surface area (Å²) in [6, 6.07) is 6.27. The van der Waals surface area contributed by atoms with Crippen LogP contribution in [0.2, 0.25) is 0 Å². The number of benzene rings is 1. The van der Waals surface area contributed by atoms with Crippen LogP contribution in [0.4, 0.5) is 19.1 Å². The standard InChI is InChI=1S/C13H12F3N3O/c1-8(11-5-6-18-12(17)19-11)20-10-4-2-3-9(7-10)13(14,15)16/h2-8H,1H3,(H2,17,18,19)/t8-/m1/s1. The Morgan fingerprint density at radius 2 is 2.00 bits per heavy atom. The molecule has 0 bridgehead atoms. The van der Waals surface area contributed by atoms with Crippen molar-refractivity contribution >= 4 is 5.95 Å². The molecule has 0 aliphatic rings. The fourth-order valence-corrected chi connectivity index (χ4v) is 1.63. The van der Waals surface area contributed by atoms with E-state index in [2.05, 4.69) is 9.97 Å². The number of rotatable bonds is 3. The molecule has 2 rings (SSSR count). The first-order valence-corrected chi connectivity index (χ1v) is 5.78. The van der Waals surface area contributed by atoms with Gasteiger partial charge < -0.3 is 10.5 Å². The van der Waals surface area contributed by atoms with Gasteiger partial charge >= 0.3 is 6.18 Å². The third-order valence-corrected chi connectivity index (χ3v) is 2.59. The number of nitrogen functional groups attached to an aromatic ring is 1. The lowest BCUT2D eigenvalue weighted by molar-refractivity contribution is -0.137. The summed E-state index contributed by atoms with van der Waals surface area (Å²) in [5, 5.41) is 0. The van der Waals surface area contributed by atoms with E-state index in [-0.39, 0.29) is 11.7 Å². The van der Waals surface area contributed by atoms with Gasteiger partial charge in [0.25, 0.3) is 0 Å². The number of hydrogen-bond acceptors (Lipinski definition) is 4. The highest BCUT2D eigenvalue weighted by atomic mass is 19.4. The molecular weight excluding hydrogens is 271 g/mol. The van der Waals surface area contributed by atoms with E-state index in [1.165, 1.54) is 18.3 Å². The van der Waals surface area contributed by atoms with Crippen LogP contribution in [-0.2, 0) is 6.18 Å². The van der Waals surface area contributed by atoms with E-state index in [1.54, 1.807) is 13.0 Å². The molecule has 4 nitrogen and oxygen atoms in total. The number of hydrogen-bond donors (Lipinski definition) is 1. The Kier molecular flexibility index (Phi) is 3.78. The molecule has 0 saturated carbocycles. The van der Waals surface area contributed by atoms with E-state index >= 15 is 0 Å². The molecule has 1 atom stereocenters. The summed E-state index contributed by atoms with van der Waals surface area (Å²) in [6.45, 7) is 1.67. The largest absolute Gasteiger partial charge is 0.484 e. The predicted molar refractivity (Wildman–Crippen MR) is 66.9 cm³/mol. The van der Waals surface area contributed by atoms with Gasteiger partial charge in [0.05, 0.1) is 11.3 Å². The van der Waals surface area contributed by atoms with Crippen LogP contribution in [0.3, 0.4) is 0 Å². The van der Waals surface area contributed by atoms with E-state index in [4.69, 9.17) is 10.5 Å². The average molecular weight is 283 g/mol. The second-order valence-electron chi connectivity index (χ2n) is 4.13. The molecule has 1 heterocycles. The molecule has 106 valence electrons. The lowest BCUT2D eigenvalue weighted by Crippen LogP contribution is -2.09. The third-order valence-electron chi connectivity index (χ3n) is 2.59. The Hall–Kier alpha value is -2.31. The molecule has 0 saturated heterocycles. The Bertz CT molecular complexity index is 601. The molecule has 0 aliphatic heterocycles. The van der Waals surface area contributed by atoms with Crippen LogP contribution in [0.1, 0.15) is 24.3 Å². The zero-order chi connectivity index (χ0) is 14.8. The number of nitrogens with two attached hydrogens (primary N) is 1. The molecule has 0 amide bonds. The van der Waals surface area contributed by atoms with Crippen molar-refractivity contribution in [2.45, 2.75) is 19.2 Å². The smallest absolute Gasteiger partial charge is 0.416 e. The lowest BCUT2D eigenvalue weighted by atomic mass is 10.2. The van der Waals surface area contributed by atoms with Gasteiger partial charge in [-0.25, -0.2) is 9.97 Å². The van der Waals surface area contributed by atoms with Crippen LogP contribution in [0.25, 0.3) is 0 Å². The van der Waals surface area contributed by atoms with Gasteiger partial charge in [0.2, 0.25) is 5.95 Å². The lowest BCUT2D eigenvalue weighted by Gasteiger charge is -2.15. The molecule has 7 heteroatoms. The topological polar surface area (TPSA) is 61.0 Å². The SMILES string of the molecule is C[C@@H](Oc1cccc(C(F)(F)F)c1)c1ccnc(N)n1. The van der Waals surface area contributed by atoms with Gasteiger partial charge in [0, 0.05) is 6.20 Å².